The average Bonchev–Trinajstić information content (AvgIpc) is 3.66. The Hall–Kier alpha value is -7.97. The minimum atomic E-state index is -1.70. The Morgan fingerprint density at radius 1 is 0.581 bits per heavy atom. The van der Waals surface area contributed by atoms with Crippen LogP contribution in [-0.2, 0) is 64.9 Å². The molecule has 10 amide bonds. The summed E-state index contributed by atoms with van der Waals surface area (Å²) in [5, 5.41) is 52.0. The number of phenolic OH excluding ortho intramolecular Hbond substituents is 1. The van der Waals surface area contributed by atoms with Crippen LogP contribution in [0.15, 0.2) is 72.8 Å². The number of primary amides is 1. The van der Waals surface area contributed by atoms with Crippen molar-refractivity contribution in [1.29, 1.82) is 0 Å². The number of halogens is 2. The number of phenols is 1. The number of aromatic hydroxyl groups is 1. The van der Waals surface area contributed by atoms with E-state index in [1.54, 1.807) is 84.0 Å². The second-order valence-corrected chi connectivity index (χ2v) is 23.4. The van der Waals surface area contributed by atoms with Crippen molar-refractivity contribution in [1.82, 2.24) is 47.9 Å². The van der Waals surface area contributed by atoms with Gasteiger partial charge in [0.15, 0.2) is 0 Å². The third-order valence-corrected chi connectivity index (χ3v) is 14.9. The van der Waals surface area contributed by atoms with E-state index in [-0.39, 0.29) is 56.1 Å². The molecule has 0 aromatic heterocycles. The molecule has 3 aromatic carbocycles. The van der Waals surface area contributed by atoms with Crippen molar-refractivity contribution in [2.24, 2.45) is 23.5 Å². The summed E-state index contributed by atoms with van der Waals surface area (Å²) in [7, 11) is 0. The van der Waals surface area contributed by atoms with Crippen molar-refractivity contribution < 1.29 is 72.9 Å². The second-order valence-electron chi connectivity index (χ2n) is 21.3. The van der Waals surface area contributed by atoms with Crippen molar-refractivity contribution in [3.63, 3.8) is 0 Å². The highest BCUT2D eigenvalue weighted by atomic mass is 35.5. The Morgan fingerprint density at radius 3 is 1.70 bits per heavy atom. The van der Waals surface area contributed by atoms with Crippen LogP contribution in [0.5, 0.6) is 5.75 Å². The number of carbonyl (C=O) groups excluding carboxylic acids is 10. The predicted octanol–water partition coefficient (Wildman–Crippen LogP) is 2.47. The molecule has 3 aromatic rings. The Labute approximate surface area is 512 Å². The molecule has 0 saturated carbocycles. The predicted molar refractivity (Wildman–Crippen MR) is 321 cm³/mol. The van der Waals surface area contributed by atoms with Crippen LogP contribution in [0.25, 0.3) is 0 Å². The fourth-order valence-corrected chi connectivity index (χ4v) is 9.94. The topological polar surface area (TPSA) is 400 Å². The lowest BCUT2D eigenvalue weighted by Gasteiger charge is -2.28. The quantitative estimate of drug-likeness (QED) is 0.0369. The van der Waals surface area contributed by atoms with Crippen molar-refractivity contribution in [2.45, 2.75) is 140 Å². The van der Waals surface area contributed by atoms with Gasteiger partial charge in [0, 0.05) is 47.2 Å². The van der Waals surface area contributed by atoms with E-state index in [2.05, 4.69) is 47.9 Å². The van der Waals surface area contributed by atoms with E-state index in [1.165, 1.54) is 30.3 Å². The number of thioether (sulfide) groups is 1. The zero-order valence-electron chi connectivity index (χ0n) is 48.7. The van der Waals surface area contributed by atoms with Crippen LogP contribution in [-0.4, -0.2) is 147 Å². The van der Waals surface area contributed by atoms with Gasteiger partial charge < -0.3 is 68.9 Å². The Kier molecular flexibility index (Phi) is 30.9. The van der Waals surface area contributed by atoms with Crippen molar-refractivity contribution >= 4 is 106 Å². The Bertz CT molecular complexity index is 2850. The molecule has 0 unspecified atom stereocenters. The van der Waals surface area contributed by atoms with Gasteiger partial charge in [-0.15, -0.1) is 11.8 Å². The highest BCUT2D eigenvalue weighted by Gasteiger charge is 2.35. The standard InChI is InChI=1S/C58H78Cl2N10O15S/c1-31(2)24-42(68-57(83)50(33(5)6)70-47(74)28-63-52(78)35-12-8-7-9-13-35)56(82)65-40(14-10-11-23-62-45(72)27-44(58(84)85)86-30-36-17-18-37(59)26-39(36)60)54(80)66-41(21-22-48(75)76)55(81)67-43(25-34-15-19-38(71)20-16-34)53(79)64-29-46(73)69-49(32(3)4)51(61)77/h7-9,12-13,15-20,26,31-33,40-44,49-50,71H,10-11,14,21-25,27-30H2,1-6H3,(H2,61,77)(H,62,72)(H,63,78)(H,64,79)(H,65,82)(H,66,80)(H,67,81)(H,68,83)(H,69,73)(H,70,74)(H,75,76)(H,84,85)/t40-,41-,42-,43-,44-,49-,50-/m0/s1. The number of carbonyl (C=O) groups is 12. The zero-order chi connectivity index (χ0) is 64.2. The Balaban J connectivity index is 1.91. The van der Waals surface area contributed by atoms with E-state index >= 15 is 0 Å². The third kappa shape index (κ3) is 26.5. The van der Waals surface area contributed by atoms with Gasteiger partial charge in [-0.05, 0) is 97.4 Å². The second kappa shape index (κ2) is 36.8. The van der Waals surface area contributed by atoms with E-state index in [0.29, 0.717) is 26.7 Å². The molecule has 28 heteroatoms. The lowest BCUT2D eigenvalue weighted by atomic mass is 9.99. The number of aliphatic carboxylic acids is 2. The van der Waals surface area contributed by atoms with Gasteiger partial charge in [0.05, 0.1) is 13.1 Å². The molecule has 3 rings (SSSR count). The minimum Gasteiger partial charge on any atom is -0.508 e. The summed E-state index contributed by atoms with van der Waals surface area (Å²) in [4.78, 5) is 159. The van der Waals surface area contributed by atoms with Crippen molar-refractivity contribution in [3.05, 3.63) is 99.5 Å². The molecule has 0 aliphatic carbocycles. The van der Waals surface area contributed by atoms with Crippen LogP contribution < -0.4 is 53.6 Å². The maximum Gasteiger partial charge on any atom is 0.317 e. The molecule has 0 spiro atoms. The van der Waals surface area contributed by atoms with Crippen LogP contribution in [0.2, 0.25) is 10.0 Å². The van der Waals surface area contributed by atoms with Gasteiger partial charge in [-0.1, -0.05) is 101 Å². The van der Waals surface area contributed by atoms with E-state index in [1.807, 2.05) is 0 Å². The number of nitrogens with one attached hydrogen (secondary N) is 9. The normalized spacial score (nSPS) is 13.5. The number of nitrogens with two attached hydrogens (primary N) is 1. The fourth-order valence-electron chi connectivity index (χ4n) is 8.35. The molecular weight excluding hydrogens is 1180 g/mol. The minimum absolute atomic E-state index is 0.00539. The molecule has 0 fully saturated rings. The number of amides is 10. The number of hydrogen-bond acceptors (Lipinski definition) is 14. The SMILES string of the molecule is CC(C)C[C@H](NC(=O)[C@@H](NC(=O)CNC(=O)c1ccccc1)C(C)C)C(=O)N[C@@H](CCCCNC(=O)C[C@H](SCc1ccc(Cl)cc1Cl)C(=O)O)C(=O)N[C@@H](CCC(=O)O)C(=O)N[C@@H](Cc1ccc(O)cc1)C(=O)NCC(=O)N[C@H](C(N)=O)C(C)C. The maximum absolute atomic E-state index is 14.5. The van der Waals surface area contributed by atoms with Crippen LogP contribution in [0.3, 0.4) is 0 Å². The van der Waals surface area contributed by atoms with Gasteiger partial charge in [0.1, 0.15) is 47.3 Å². The molecule has 7 atom stereocenters. The number of carboxylic acids is 2. The largest absolute Gasteiger partial charge is 0.508 e. The fraction of sp³-hybridized carbons (Fsp3) is 0.483. The number of benzene rings is 3. The highest BCUT2D eigenvalue weighted by Crippen LogP contribution is 2.28. The summed E-state index contributed by atoms with van der Waals surface area (Å²) < 4.78 is 0. The lowest BCUT2D eigenvalue weighted by molar-refractivity contribution is -0.139. The number of rotatable bonds is 37. The average molecular weight is 1260 g/mol. The first-order valence-corrected chi connectivity index (χ1v) is 29.6. The monoisotopic (exact) mass is 1260 g/mol. The zero-order valence-corrected chi connectivity index (χ0v) is 51.0. The molecule has 0 aliphatic heterocycles. The number of unbranched alkanes of at least 4 members (excludes halogenated alkanes) is 1. The van der Waals surface area contributed by atoms with E-state index in [9.17, 15) is 72.9 Å². The molecule has 0 heterocycles. The summed E-state index contributed by atoms with van der Waals surface area (Å²) in [6, 6.07) is 10.0. The van der Waals surface area contributed by atoms with Gasteiger partial charge in [0.2, 0.25) is 53.2 Å². The van der Waals surface area contributed by atoms with Crippen molar-refractivity contribution in [2.75, 3.05) is 19.6 Å². The Morgan fingerprint density at radius 2 is 1.14 bits per heavy atom. The molecule has 0 saturated heterocycles. The summed E-state index contributed by atoms with van der Waals surface area (Å²) in [5.41, 5.74) is 6.74. The first-order chi connectivity index (χ1) is 40.5. The van der Waals surface area contributed by atoms with Crippen LogP contribution in [0, 0.1) is 17.8 Å². The van der Waals surface area contributed by atoms with E-state index in [0.717, 1.165) is 11.8 Å². The lowest BCUT2D eigenvalue weighted by Crippen LogP contribution is -2.60. The maximum atomic E-state index is 14.5. The van der Waals surface area contributed by atoms with Gasteiger partial charge in [-0.2, -0.15) is 0 Å². The molecule has 86 heavy (non-hydrogen) atoms. The van der Waals surface area contributed by atoms with Gasteiger partial charge >= 0.3 is 11.9 Å². The van der Waals surface area contributed by atoms with E-state index in [4.69, 9.17) is 28.9 Å². The van der Waals surface area contributed by atoms with Crippen LogP contribution in [0.4, 0.5) is 0 Å². The smallest absolute Gasteiger partial charge is 0.317 e. The van der Waals surface area contributed by atoms with E-state index < -0.39 is 157 Å². The molecule has 470 valence electrons. The van der Waals surface area contributed by atoms with Gasteiger partial charge in [-0.25, -0.2) is 0 Å². The summed E-state index contributed by atoms with van der Waals surface area (Å²) in [6.07, 6.45) is -1.86. The highest BCUT2D eigenvalue weighted by molar-refractivity contribution is 7.99. The summed E-state index contributed by atoms with van der Waals surface area (Å²) >= 11 is 13.2. The molecule has 25 nitrogen and oxygen atoms in total. The number of hydrogen-bond donors (Lipinski definition) is 13. The molecule has 0 bridgehead atoms. The van der Waals surface area contributed by atoms with Crippen LogP contribution >= 0.6 is 35.0 Å². The van der Waals surface area contributed by atoms with Crippen LogP contribution in [0.1, 0.15) is 108 Å². The van der Waals surface area contributed by atoms with Gasteiger partial charge in [-0.3, -0.25) is 57.5 Å². The first kappa shape index (κ1) is 72.3. The summed E-state index contributed by atoms with van der Waals surface area (Å²) in [6.45, 7) is 8.89. The molecular formula is C58H78Cl2N10O15S. The molecule has 0 aliphatic rings. The number of carboxylic acid groups (broad SMARTS) is 2. The third-order valence-electron chi connectivity index (χ3n) is 13.0. The first-order valence-electron chi connectivity index (χ1n) is 27.8. The molecule has 0 radical (unpaired) electrons. The summed E-state index contributed by atoms with van der Waals surface area (Å²) in [5.74, 6) is -11.9. The van der Waals surface area contributed by atoms with Crippen molar-refractivity contribution in [3.8, 4) is 5.75 Å². The molecule has 14 N–H and O–H groups in total. The van der Waals surface area contributed by atoms with Gasteiger partial charge in [0.25, 0.3) is 5.91 Å².